The molecular weight excluding hydrogens is 137 g/mol. The standard InChI is InChI=1S/C5H10NO2P/c7-5(8)1-4-2-6(9)3-4/h4H,1-3,9H2,(H,7,8). The highest BCUT2D eigenvalue weighted by molar-refractivity contribution is 7.13. The molecule has 1 unspecified atom stereocenters. The maximum absolute atomic E-state index is 10.1. The Morgan fingerprint density at radius 2 is 2.33 bits per heavy atom. The van der Waals surface area contributed by atoms with Crippen molar-refractivity contribution in [3.05, 3.63) is 0 Å². The van der Waals surface area contributed by atoms with E-state index in [-0.39, 0.29) is 0 Å². The summed E-state index contributed by atoms with van der Waals surface area (Å²) in [5.74, 6) is -0.293. The molecule has 1 aliphatic heterocycles. The number of aliphatic carboxylic acids is 1. The van der Waals surface area contributed by atoms with Gasteiger partial charge in [-0.25, -0.2) is 0 Å². The molecule has 52 valence electrons. The van der Waals surface area contributed by atoms with Gasteiger partial charge in [0.15, 0.2) is 0 Å². The third-order valence-electron chi connectivity index (χ3n) is 1.45. The molecule has 3 nitrogen and oxygen atoms in total. The molecule has 0 amide bonds. The molecule has 1 heterocycles. The lowest BCUT2D eigenvalue weighted by molar-refractivity contribution is -0.138. The Hall–Kier alpha value is -0.140. The molecule has 0 saturated carbocycles. The van der Waals surface area contributed by atoms with Gasteiger partial charge < -0.3 is 5.11 Å². The summed E-state index contributed by atoms with van der Waals surface area (Å²) in [4.78, 5) is 10.1. The van der Waals surface area contributed by atoms with Gasteiger partial charge >= 0.3 is 5.97 Å². The highest BCUT2D eigenvalue weighted by atomic mass is 31.0. The van der Waals surface area contributed by atoms with Crippen molar-refractivity contribution in [1.29, 1.82) is 0 Å². The van der Waals surface area contributed by atoms with Crippen LogP contribution >= 0.6 is 9.39 Å². The van der Waals surface area contributed by atoms with Crippen LogP contribution in [0.5, 0.6) is 0 Å². The predicted molar refractivity (Wildman–Crippen MR) is 37.0 cm³/mol. The summed E-state index contributed by atoms with van der Waals surface area (Å²) in [6.07, 6.45) is 0.324. The molecule has 1 saturated heterocycles. The van der Waals surface area contributed by atoms with E-state index in [9.17, 15) is 4.79 Å². The van der Waals surface area contributed by atoms with E-state index in [2.05, 4.69) is 9.39 Å². The van der Waals surface area contributed by atoms with Crippen LogP contribution < -0.4 is 0 Å². The molecule has 0 radical (unpaired) electrons. The van der Waals surface area contributed by atoms with Crippen molar-refractivity contribution >= 4 is 15.4 Å². The molecule has 1 atom stereocenters. The zero-order valence-corrected chi connectivity index (χ0v) is 6.23. The second-order valence-electron chi connectivity index (χ2n) is 2.42. The number of rotatable bonds is 2. The van der Waals surface area contributed by atoms with Crippen molar-refractivity contribution in [2.75, 3.05) is 13.1 Å². The molecule has 4 heteroatoms. The van der Waals surface area contributed by atoms with Crippen LogP contribution in [0.25, 0.3) is 0 Å². The Labute approximate surface area is 56.3 Å². The Morgan fingerprint density at radius 3 is 2.67 bits per heavy atom. The maximum atomic E-state index is 10.1. The Morgan fingerprint density at radius 1 is 1.78 bits per heavy atom. The van der Waals surface area contributed by atoms with E-state index in [4.69, 9.17) is 5.11 Å². The molecule has 1 rings (SSSR count). The molecular formula is C5H10NO2P. The van der Waals surface area contributed by atoms with Gasteiger partial charge in [-0.15, -0.1) is 0 Å². The topological polar surface area (TPSA) is 40.5 Å². The minimum absolute atomic E-state index is 0.324. The molecule has 0 aliphatic carbocycles. The first kappa shape index (κ1) is 6.97. The van der Waals surface area contributed by atoms with E-state index in [0.717, 1.165) is 13.1 Å². The average molecular weight is 147 g/mol. The molecule has 0 spiro atoms. The summed E-state index contributed by atoms with van der Waals surface area (Å²) in [5, 5.41) is 8.31. The summed E-state index contributed by atoms with van der Waals surface area (Å²) < 4.78 is 2.04. The van der Waals surface area contributed by atoms with Gasteiger partial charge in [0.2, 0.25) is 0 Å². The van der Waals surface area contributed by atoms with E-state index in [1.165, 1.54) is 0 Å². The van der Waals surface area contributed by atoms with Crippen LogP contribution in [0.3, 0.4) is 0 Å². The van der Waals surface area contributed by atoms with Crippen LogP contribution in [-0.2, 0) is 4.79 Å². The highest BCUT2D eigenvalue weighted by Gasteiger charge is 2.25. The van der Waals surface area contributed by atoms with Crippen molar-refractivity contribution < 1.29 is 9.90 Å². The zero-order valence-electron chi connectivity index (χ0n) is 5.08. The van der Waals surface area contributed by atoms with Crippen LogP contribution in [0.4, 0.5) is 0 Å². The predicted octanol–water partition coefficient (Wildman–Crippen LogP) is 0.183. The smallest absolute Gasteiger partial charge is 0.303 e. The second-order valence-corrected chi connectivity index (χ2v) is 3.15. The monoisotopic (exact) mass is 147 g/mol. The van der Waals surface area contributed by atoms with Crippen molar-refractivity contribution in [1.82, 2.24) is 4.67 Å². The van der Waals surface area contributed by atoms with Crippen molar-refractivity contribution in [3.63, 3.8) is 0 Å². The molecule has 0 bridgehead atoms. The van der Waals surface area contributed by atoms with E-state index >= 15 is 0 Å². The Kier molecular flexibility index (Phi) is 2.04. The van der Waals surface area contributed by atoms with E-state index in [0.29, 0.717) is 12.3 Å². The number of hydrogen-bond donors (Lipinski definition) is 1. The summed E-state index contributed by atoms with van der Waals surface area (Å²) in [6.45, 7) is 1.83. The van der Waals surface area contributed by atoms with Crippen molar-refractivity contribution in [2.24, 2.45) is 5.92 Å². The number of nitrogens with zero attached hydrogens (tertiary/aromatic N) is 1. The van der Waals surface area contributed by atoms with Gasteiger partial charge in [-0.3, -0.25) is 9.46 Å². The summed E-state index contributed by atoms with van der Waals surface area (Å²) >= 11 is 0. The van der Waals surface area contributed by atoms with E-state index in [1.807, 2.05) is 4.67 Å². The first-order chi connectivity index (χ1) is 4.18. The van der Waals surface area contributed by atoms with Crippen LogP contribution in [0.1, 0.15) is 6.42 Å². The summed E-state index contributed by atoms with van der Waals surface area (Å²) in [6, 6.07) is 0. The molecule has 0 aromatic rings. The first-order valence-corrected chi connectivity index (χ1v) is 3.41. The lowest BCUT2D eigenvalue weighted by Crippen LogP contribution is -2.40. The first-order valence-electron chi connectivity index (χ1n) is 2.90. The van der Waals surface area contributed by atoms with Crippen LogP contribution in [0.2, 0.25) is 0 Å². The minimum Gasteiger partial charge on any atom is -0.481 e. The Bertz CT molecular complexity index is 122. The molecule has 9 heavy (non-hydrogen) atoms. The van der Waals surface area contributed by atoms with Crippen LogP contribution in [0.15, 0.2) is 0 Å². The Balaban J connectivity index is 2.11. The fraction of sp³-hybridized carbons (Fsp3) is 0.800. The number of carboxylic acid groups (broad SMARTS) is 1. The van der Waals surface area contributed by atoms with Gasteiger partial charge in [-0.05, 0) is 5.92 Å². The number of carboxylic acids is 1. The maximum Gasteiger partial charge on any atom is 0.303 e. The normalized spacial score (nSPS) is 21.4. The van der Waals surface area contributed by atoms with E-state index in [1.54, 1.807) is 0 Å². The van der Waals surface area contributed by atoms with Crippen molar-refractivity contribution in [2.45, 2.75) is 6.42 Å². The lowest BCUT2D eigenvalue weighted by Gasteiger charge is -2.34. The van der Waals surface area contributed by atoms with Gasteiger partial charge in [0, 0.05) is 13.1 Å². The van der Waals surface area contributed by atoms with Crippen LogP contribution in [0, 0.1) is 5.92 Å². The van der Waals surface area contributed by atoms with E-state index < -0.39 is 5.97 Å². The fourth-order valence-electron chi connectivity index (χ4n) is 0.986. The highest BCUT2D eigenvalue weighted by Crippen LogP contribution is 2.21. The largest absolute Gasteiger partial charge is 0.481 e. The average Bonchev–Trinajstić information content (AvgIpc) is 1.60. The molecule has 0 aromatic heterocycles. The zero-order chi connectivity index (χ0) is 6.85. The van der Waals surface area contributed by atoms with Gasteiger partial charge in [0.1, 0.15) is 0 Å². The molecule has 0 aromatic carbocycles. The summed E-state index contributed by atoms with van der Waals surface area (Å²) in [7, 11) is 2.55. The SMILES string of the molecule is O=C(O)CC1CN(P)C1. The summed E-state index contributed by atoms with van der Waals surface area (Å²) in [5.41, 5.74) is 0. The van der Waals surface area contributed by atoms with Gasteiger partial charge in [0.25, 0.3) is 0 Å². The number of carbonyl (C=O) groups is 1. The van der Waals surface area contributed by atoms with Crippen molar-refractivity contribution in [3.8, 4) is 0 Å². The second kappa shape index (κ2) is 2.63. The van der Waals surface area contributed by atoms with Crippen LogP contribution in [-0.4, -0.2) is 28.8 Å². The number of hydrogen-bond acceptors (Lipinski definition) is 2. The third kappa shape index (κ3) is 1.92. The van der Waals surface area contributed by atoms with Gasteiger partial charge in [-0.1, -0.05) is 9.39 Å². The molecule has 1 fully saturated rings. The third-order valence-corrected chi connectivity index (χ3v) is 1.87. The quantitative estimate of drug-likeness (QED) is 0.566. The molecule has 1 aliphatic rings. The van der Waals surface area contributed by atoms with Gasteiger partial charge in [0.05, 0.1) is 6.42 Å². The molecule has 1 N–H and O–H groups in total. The fourth-order valence-corrected chi connectivity index (χ4v) is 1.58. The van der Waals surface area contributed by atoms with Gasteiger partial charge in [-0.2, -0.15) is 0 Å². The lowest BCUT2D eigenvalue weighted by atomic mass is 10.00. The minimum atomic E-state index is -0.682.